The van der Waals surface area contributed by atoms with Gasteiger partial charge >= 0.3 is 0 Å². The van der Waals surface area contributed by atoms with Gasteiger partial charge in [0, 0.05) is 30.1 Å². The molecular formula is C19H25Cl2N3O3S. The van der Waals surface area contributed by atoms with E-state index < -0.39 is 0 Å². The van der Waals surface area contributed by atoms with E-state index in [0.717, 1.165) is 54.5 Å². The summed E-state index contributed by atoms with van der Waals surface area (Å²) in [5.74, 6) is 1.53. The average molecular weight is 446 g/mol. The summed E-state index contributed by atoms with van der Waals surface area (Å²) in [5, 5.41) is 6.03. The summed E-state index contributed by atoms with van der Waals surface area (Å²) in [4.78, 5) is 19.6. The molecule has 2 aliphatic heterocycles. The van der Waals surface area contributed by atoms with Gasteiger partial charge in [-0.15, -0.1) is 36.2 Å². The molecule has 6 nitrogen and oxygen atoms in total. The first-order valence-electron chi connectivity index (χ1n) is 9.13. The van der Waals surface area contributed by atoms with Crippen molar-refractivity contribution < 1.29 is 14.3 Å². The Bertz CT molecular complexity index is 796. The van der Waals surface area contributed by atoms with Crippen LogP contribution in [-0.2, 0) is 0 Å². The molecule has 1 amide bonds. The quantitative estimate of drug-likeness (QED) is 0.760. The predicted octanol–water partition coefficient (Wildman–Crippen LogP) is 3.64. The summed E-state index contributed by atoms with van der Waals surface area (Å²) in [6.07, 6.45) is 1.95. The number of aromatic nitrogens is 1. The monoisotopic (exact) mass is 445 g/mol. The van der Waals surface area contributed by atoms with Crippen molar-refractivity contribution in [2.75, 3.05) is 32.8 Å². The highest BCUT2D eigenvalue weighted by molar-refractivity contribution is 7.13. The molecule has 1 aromatic heterocycles. The van der Waals surface area contributed by atoms with Crippen LogP contribution in [0.5, 0.6) is 11.5 Å². The van der Waals surface area contributed by atoms with Crippen molar-refractivity contribution >= 4 is 42.1 Å². The maximum Gasteiger partial charge on any atom is 0.273 e. The number of fused-ring (bicyclic) bond motifs is 1. The van der Waals surface area contributed by atoms with Gasteiger partial charge in [0.15, 0.2) is 11.5 Å². The second-order valence-corrected chi connectivity index (χ2v) is 7.40. The SMILES string of the molecule is CCCN(C(=O)c1csc(-c2ccc3c(c2)OCCO3)n1)C1CCNC1.Cl.Cl. The predicted molar refractivity (Wildman–Crippen MR) is 116 cm³/mol. The van der Waals surface area contributed by atoms with Gasteiger partial charge in [-0.2, -0.15) is 0 Å². The molecule has 3 heterocycles. The first kappa shape index (κ1) is 22.7. The zero-order valence-electron chi connectivity index (χ0n) is 15.7. The van der Waals surface area contributed by atoms with Gasteiger partial charge in [-0.05, 0) is 37.6 Å². The van der Waals surface area contributed by atoms with Gasteiger partial charge < -0.3 is 19.7 Å². The molecule has 1 saturated heterocycles. The summed E-state index contributed by atoms with van der Waals surface area (Å²) < 4.78 is 11.2. The smallest absolute Gasteiger partial charge is 0.273 e. The Kier molecular flexibility index (Phi) is 8.37. The molecule has 0 radical (unpaired) electrons. The number of hydrogen-bond acceptors (Lipinski definition) is 6. The van der Waals surface area contributed by atoms with Crippen molar-refractivity contribution in [2.24, 2.45) is 0 Å². The van der Waals surface area contributed by atoms with Gasteiger partial charge in [-0.1, -0.05) is 6.92 Å². The molecule has 9 heteroatoms. The Morgan fingerprint density at radius 3 is 2.79 bits per heavy atom. The van der Waals surface area contributed by atoms with Gasteiger partial charge in [-0.3, -0.25) is 4.79 Å². The molecular weight excluding hydrogens is 421 g/mol. The molecule has 154 valence electrons. The van der Waals surface area contributed by atoms with Crippen LogP contribution in [0.1, 0.15) is 30.3 Å². The van der Waals surface area contributed by atoms with Crippen LogP contribution in [0.25, 0.3) is 10.6 Å². The Labute approximate surface area is 181 Å². The standard InChI is InChI=1S/C19H23N3O3S.2ClH/c1-2-7-22(14-5-6-20-11-14)19(23)15-12-26-18(21-15)13-3-4-16-17(10-13)25-9-8-24-16;;/h3-4,10,12,14,20H,2,5-9,11H2,1H3;2*1H. The van der Waals surface area contributed by atoms with Crippen molar-refractivity contribution in [1.82, 2.24) is 15.2 Å². The molecule has 0 saturated carbocycles. The highest BCUT2D eigenvalue weighted by Gasteiger charge is 2.28. The van der Waals surface area contributed by atoms with Crippen LogP contribution >= 0.6 is 36.2 Å². The van der Waals surface area contributed by atoms with Crippen LogP contribution in [-0.4, -0.2) is 54.7 Å². The summed E-state index contributed by atoms with van der Waals surface area (Å²) in [6, 6.07) is 6.07. The van der Waals surface area contributed by atoms with E-state index in [1.165, 1.54) is 11.3 Å². The number of nitrogens with one attached hydrogen (secondary N) is 1. The lowest BCUT2D eigenvalue weighted by molar-refractivity contribution is 0.0687. The normalized spacial score (nSPS) is 17.4. The summed E-state index contributed by atoms with van der Waals surface area (Å²) in [6.45, 7) is 5.83. The number of halogens is 2. The summed E-state index contributed by atoms with van der Waals surface area (Å²) in [5.41, 5.74) is 1.48. The van der Waals surface area contributed by atoms with Crippen molar-refractivity contribution in [2.45, 2.75) is 25.8 Å². The first-order chi connectivity index (χ1) is 12.8. The average Bonchev–Trinajstić information content (AvgIpc) is 3.37. The molecule has 1 unspecified atom stereocenters. The Hall–Kier alpha value is -1.54. The second-order valence-electron chi connectivity index (χ2n) is 6.54. The van der Waals surface area contributed by atoms with Crippen molar-refractivity contribution in [3.05, 3.63) is 29.3 Å². The third-order valence-corrected chi connectivity index (χ3v) is 5.60. The van der Waals surface area contributed by atoms with Crippen molar-refractivity contribution in [3.63, 3.8) is 0 Å². The zero-order valence-corrected chi connectivity index (χ0v) is 18.1. The minimum Gasteiger partial charge on any atom is -0.486 e. The molecule has 0 spiro atoms. The van der Waals surface area contributed by atoms with E-state index >= 15 is 0 Å². The lowest BCUT2D eigenvalue weighted by Crippen LogP contribution is -2.42. The van der Waals surface area contributed by atoms with Gasteiger partial charge in [0.1, 0.15) is 23.9 Å². The third kappa shape index (κ3) is 4.71. The molecule has 4 rings (SSSR count). The van der Waals surface area contributed by atoms with E-state index in [2.05, 4.69) is 17.2 Å². The highest BCUT2D eigenvalue weighted by atomic mass is 35.5. The van der Waals surface area contributed by atoms with E-state index in [1.54, 1.807) is 0 Å². The number of benzene rings is 1. The van der Waals surface area contributed by atoms with Gasteiger partial charge in [-0.25, -0.2) is 4.98 Å². The Balaban J connectivity index is 0.00000140. The fourth-order valence-electron chi connectivity index (χ4n) is 3.42. The highest BCUT2D eigenvalue weighted by Crippen LogP contribution is 2.35. The van der Waals surface area contributed by atoms with E-state index in [-0.39, 0.29) is 36.8 Å². The Morgan fingerprint density at radius 2 is 2.07 bits per heavy atom. The minimum atomic E-state index is 0. The number of carbonyl (C=O) groups is 1. The van der Waals surface area contributed by atoms with Crippen LogP contribution < -0.4 is 14.8 Å². The molecule has 1 atom stereocenters. The maximum atomic E-state index is 13.0. The Morgan fingerprint density at radius 1 is 1.29 bits per heavy atom. The summed E-state index contributed by atoms with van der Waals surface area (Å²) in [7, 11) is 0. The minimum absolute atomic E-state index is 0. The van der Waals surface area contributed by atoms with Crippen LogP contribution in [0.4, 0.5) is 0 Å². The molecule has 1 fully saturated rings. The van der Waals surface area contributed by atoms with Crippen LogP contribution in [0.15, 0.2) is 23.6 Å². The third-order valence-electron chi connectivity index (χ3n) is 4.71. The van der Waals surface area contributed by atoms with Gasteiger partial charge in [0.05, 0.1) is 0 Å². The van der Waals surface area contributed by atoms with Crippen LogP contribution in [0, 0.1) is 0 Å². The number of carbonyl (C=O) groups excluding carboxylic acids is 1. The topological polar surface area (TPSA) is 63.7 Å². The van der Waals surface area contributed by atoms with E-state index in [0.29, 0.717) is 18.9 Å². The largest absolute Gasteiger partial charge is 0.486 e. The lowest BCUT2D eigenvalue weighted by Gasteiger charge is -2.27. The molecule has 2 aromatic rings. The van der Waals surface area contributed by atoms with E-state index in [4.69, 9.17) is 9.47 Å². The number of ether oxygens (including phenoxy) is 2. The van der Waals surface area contributed by atoms with Gasteiger partial charge in [0.25, 0.3) is 5.91 Å². The number of nitrogens with zero attached hydrogens (tertiary/aromatic N) is 2. The fraction of sp³-hybridized carbons (Fsp3) is 0.474. The number of hydrogen-bond donors (Lipinski definition) is 1. The first-order valence-corrected chi connectivity index (χ1v) is 10.0. The molecule has 1 aromatic carbocycles. The number of rotatable bonds is 5. The second kappa shape index (κ2) is 10.3. The zero-order chi connectivity index (χ0) is 17.9. The van der Waals surface area contributed by atoms with Crippen LogP contribution in [0.2, 0.25) is 0 Å². The lowest BCUT2D eigenvalue weighted by atomic mass is 10.2. The molecule has 0 bridgehead atoms. The fourth-order valence-corrected chi connectivity index (χ4v) is 4.22. The van der Waals surface area contributed by atoms with E-state index in [9.17, 15) is 4.79 Å². The van der Waals surface area contributed by atoms with Gasteiger partial charge in [0.2, 0.25) is 0 Å². The molecule has 0 aliphatic carbocycles. The van der Waals surface area contributed by atoms with Crippen LogP contribution in [0.3, 0.4) is 0 Å². The van der Waals surface area contributed by atoms with Crippen molar-refractivity contribution in [3.8, 4) is 22.1 Å². The molecule has 2 aliphatic rings. The number of thiazole rings is 1. The number of amides is 1. The molecule has 1 N–H and O–H groups in total. The molecule has 28 heavy (non-hydrogen) atoms. The maximum absolute atomic E-state index is 13.0. The van der Waals surface area contributed by atoms with Crippen molar-refractivity contribution in [1.29, 1.82) is 0 Å². The summed E-state index contributed by atoms with van der Waals surface area (Å²) >= 11 is 1.49. The van der Waals surface area contributed by atoms with E-state index in [1.807, 2.05) is 28.5 Å².